The molecule has 0 aromatic carbocycles. The fraction of sp³-hybridized carbons (Fsp3) is 1.00. The molecule has 6 heteroatoms. The second kappa shape index (κ2) is 9.51. The van der Waals surface area contributed by atoms with Crippen molar-refractivity contribution in [2.45, 2.75) is 39.5 Å². The number of ether oxygens (including phenoxy) is 2. The summed E-state index contributed by atoms with van der Waals surface area (Å²) in [5.41, 5.74) is 10.7. The van der Waals surface area contributed by atoms with Gasteiger partial charge in [0.1, 0.15) is 12.5 Å². The molecule has 0 bridgehead atoms. The van der Waals surface area contributed by atoms with Crippen LogP contribution in [0.25, 0.3) is 0 Å². The summed E-state index contributed by atoms with van der Waals surface area (Å²) in [7, 11) is 0. The van der Waals surface area contributed by atoms with Gasteiger partial charge in [-0.2, -0.15) is 0 Å². The van der Waals surface area contributed by atoms with E-state index in [1.54, 1.807) is 20.8 Å². The summed E-state index contributed by atoms with van der Waals surface area (Å²) in [6.45, 7) is 5.23. The molecule has 0 amide bonds. The Morgan fingerprint density at radius 1 is 0.833 bits per heavy atom. The molecule has 0 aromatic heterocycles. The molecule has 0 heterocycles. The Kier molecular flexibility index (Phi) is 14.5. The second-order valence-corrected chi connectivity index (χ2v) is 2.25. The lowest BCUT2D eigenvalue weighted by molar-refractivity contribution is -0.174. The lowest BCUT2D eigenvalue weighted by Crippen LogP contribution is -2.31. The Bertz CT molecular complexity index is 83.6. The van der Waals surface area contributed by atoms with Crippen molar-refractivity contribution < 1.29 is 9.47 Å². The van der Waals surface area contributed by atoms with Gasteiger partial charge in [0.05, 0.1) is 0 Å². The van der Waals surface area contributed by atoms with Crippen molar-refractivity contribution in [1.82, 2.24) is 0 Å². The van der Waals surface area contributed by atoms with E-state index in [2.05, 4.69) is 0 Å². The first-order valence-electron chi connectivity index (χ1n) is 3.34. The van der Waals surface area contributed by atoms with E-state index in [1.165, 1.54) is 0 Å². The van der Waals surface area contributed by atoms with E-state index in [0.29, 0.717) is 0 Å². The molecule has 0 aliphatic rings. The van der Waals surface area contributed by atoms with Crippen LogP contribution in [0.2, 0.25) is 0 Å². The highest BCUT2D eigenvalue weighted by Gasteiger charge is 2.06. The van der Waals surface area contributed by atoms with Gasteiger partial charge in [0.25, 0.3) is 0 Å². The summed E-state index contributed by atoms with van der Waals surface area (Å²) in [6, 6.07) is 0. The first-order valence-corrected chi connectivity index (χ1v) is 3.34. The van der Waals surface area contributed by atoms with Gasteiger partial charge in [0.2, 0.25) is 0 Å². The van der Waals surface area contributed by atoms with Crippen molar-refractivity contribution in [3.05, 3.63) is 0 Å². The van der Waals surface area contributed by atoms with Gasteiger partial charge in [-0.05, 0) is 20.8 Å². The van der Waals surface area contributed by atoms with Gasteiger partial charge in [-0.3, -0.25) is 0 Å². The minimum Gasteiger partial charge on any atom is -0.335 e. The largest absolute Gasteiger partial charge is 0.335 e. The van der Waals surface area contributed by atoms with E-state index in [-0.39, 0.29) is 43.6 Å². The first kappa shape index (κ1) is 18.3. The van der Waals surface area contributed by atoms with Crippen LogP contribution in [0.5, 0.6) is 0 Å². The van der Waals surface area contributed by atoms with Gasteiger partial charge in [0, 0.05) is 0 Å². The quantitative estimate of drug-likeness (QED) is 0.689. The van der Waals surface area contributed by atoms with Gasteiger partial charge in [0.15, 0.2) is 6.29 Å². The predicted octanol–water partition coefficient (Wildman–Crippen LogP) is 0.819. The third-order valence-corrected chi connectivity index (χ3v) is 0.813. The zero-order valence-electron chi connectivity index (χ0n) is 7.52. The van der Waals surface area contributed by atoms with E-state index in [4.69, 9.17) is 20.9 Å². The molecule has 0 radical (unpaired) electrons. The lowest BCUT2D eigenvalue weighted by atomic mass is 10.6. The van der Waals surface area contributed by atoms with Crippen LogP contribution in [0.4, 0.5) is 0 Å². The highest BCUT2D eigenvalue weighted by Crippen LogP contribution is 1.96. The summed E-state index contributed by atoms with van der Waals surface area (Å²) in [6.07, 6.45) is -0.956. The Morgan fingerprint density at radius 3 is 1.25 bits per heavy atom. The number of hydrogen-bond donors (Lipinski definition) is 2. The molecule has 4 nitrogen and oxygen atoms in total. The van der Waals surface area contributed by atoms with Crippen molar-refractivity contribution in [3.8, 4) is 0 Å². The van der Waals surface area contributed by atoms with Gasteiger partial charge < -0.3 is 20.9 Å². The monoisotopic (exact) mass is 220 g/mol. The minimum atomic E-state index is -0.333. The maximum absolute atomic E-state index is 5.33. The Hall–Kier alpha value is 0.420. The van der Waals surface area contributed by atoms with Crippen LogP contribution >= 0.6 is 24.8 Å². The summed E-state index contributed by atoms with van der Waals surface area (Å²) in [4.78, 5) is 0. The number of nitrogens with two attached hydrogens (primary N) is 2. The van der Waals surface area contributed by atoms with Crippen molar-refractivity contribution in [2.75, 3.05) is 0 Å². The molecule has 12 heavy (non-hydrogen) atoms. The van der Waals surface area contributed by atoms with Crippen molar-refractivity contribution in [3.63, 3.8) is 0 Å². The summed E-state index contributed by atoms with van der Waals surface area (Å²) >= 11 is 0. The number of rotatable bonds is 4. The van der Waals surface area contributed by atoms with E-state index in [9.17, 15) is 0 Å². The highest BCUT2D eigenvalue weighted by molar-refractivity contribution is 5.85. The topological polar surface area (TPSA) is 70.5 Å². The molecular weight excluding hydrogens is 203 g/mol. The molecule has 2 unspecified atom stereocenters. The van der Waals surface area contributed by atoms with Crippen LogP contribution in [0, 0.1) is 0 Å². The molecular formula is C6H18Cl2N2O2. The highest BCUT2D eigenvalue weighted by atomic mass is 35.5. The Labute approximate surface area is 85.8 Å². The number of hydrogen-bond acceptors (Lipinski definition) is 4. The smallest absolute Gasteiger partial charge is 0.158 e. The molecule has 4 N–H and O–H groups in total. The summed E-state index contributed by atoms with van der Waals surface area (Å²) in [5, 5.41) is 0. The van der Waals surface area contributed by atoms with E-state index in [0.717, 1.165) is 0 Å². The van der Waals surface area contributed by atoms with E-state index < -0.39 is 0 Å². The molecule has 0 fully saturated rings. The zero-order valence-corrected chi connectivity index (χ0v) is 9.15. The first-order chi connectivity index (χ1) is 4.52. The average molecular weight is 221 g/mol. The third-order valence-electron chi connectivity index (χ3n) is 0.813. The summed E-state index contributed by atoms with van der Waals surface area (Å²) in [5.74, 6) is 0. The third kappa shape index (κ3) is 13.0. The summed E-state index contributed by atoms with van der Waals surface area (Å²) < 4.78 is 10.1. The maximum atomic E-state index is 5.33. The Morgan fingerprint density at radius 2 is 1.08 bits per heavy atom. The van der Waals surface area contributed by atoms with Crippen molar-refractivity contribution in [1.29, 1.82) is 0 Å². The van der Waals surface area contributed by atoms with Crippen molar-refractivity contribution >= 4 is 24.8 Å². The van der Waals surface area contributed by atoms with Crippen LogP contribution in [0.1, 0.15) is 20.8 Å². The Balaban J connectivity index is -0.000000405. The zero-order chi connectivity index (χ0) is 8.15. The molecule has 78 valence electrons. The second-order valence-electron chi connectivity index (χ2n) is 2.25. The molecule has 0 rings (SSSR count). The fourth-order valence-corrected chi connectivity index (χ4v) is 0.637. The molecule has 0 aliphatic heterocycles. The molecule has 0 aliphatic carbocycles. The van der Waals surface area contributed by atoms with Crippen LogP contribution < -0.4 is 11.5 Å². The fourth-order valence-electron chi connectivity index (χ4n) is 0.637. The standard InChI is InChI=1S/C6H16N2O2.2ClH/c1-4(7)9-6(3)10-5(2)8;;/h4-6H,7-8H2,1-3H3;2*1H. The molecule has 0 aromatic rings. The van der Waals surface area contributed by atoms with Gasteiger partial charge >= 0.3 is 0 Å². The van der Waals surface area contributed by atoms with Crippen LogP contribution in [-0.4, -0.2) is 18.7 Å². The van der Waals surface area contributed by atoms with Crippen LogP contribution in [-0.2, 0) is 9.47 Å². The SMILES string of the molecule is CC(N)OC(C)OC(C)N.Cl.Cl. The number of halogens is 2. The normalized spacial score (nSPS) is 16.8. The maximum Gasteiger partial charge on any atom is 0.158 e. The van der Waals surface area contributed by atoms with Gasteiger partial charge in [-0.25, -0.2) is 0 Å². The molecule has 0 spiro atoms. The van der Waals surface area contributed by atoms with Gasteiger partial charge in [-0.1, -0.05) is 0 Å². The minimum absolute atomic E-state index is 0. The average Bonchev–Trinajstić information content (AvgIpc) is 1.58. The lowest BCUT2D eigenvalue weighted by Gasteiger charge is -2.18. The van der Waals surface area contributed by atoms with Crippen LogP contribution in [0.3, 0.4) is 0 Å². The van der Waals surface area contributed by atoms with E-state index >= 15 is 0 Å². The molecule has 0 saturated heterocycles. The van der Waals surface area contributed by atoms with Crippen LogP contribution in [0.15, 0.2) is 0 Å². The van der Waals surface area contributed by atoms with Crippen molar-refractivity contribution in [2.24, 2.45) is 11.5 Å². The van der Waals surface area contributed by atoms with E-state index in [1.807, 2.05) is 0 Å². The van der Waals surface area contributed by atoms with Gasteiger partial charge in [-0.15, -0.1) is 24.8 Å². The predicted molar refractivity (Wildman–Crippen MR) is 53.4 cm³/mol. The molecule has 2 atom stereocenters. The molecule has 0 saturated carbocycles.